The van der Waals surface area contributed by atoms with Crippen molar-refractivity contribution in [1.29, 1.82) is 0 Å². The third-order valence-corrected chi connectivity index (χ3v) is 1.96. The Hall–Kier alpha value is -1.02. The molecule has 0 spiro atoms. The molecule has 0 unspecified atom stereocenters. The summed E-state index contributed by atoms with van der Waals surface area (Å²) in [5, 5.41) is 2.24. The third kappa shape index (κ3) is 2.74. The highest BCUT2D eigenvalue weighted by molar-refractivity contribution is 6.32. The monoisotopic (exact) mass is 197 g/mol. The van der Waals surface area contributed by atoms with Crippen molar-refractivity contribution in [3.05, 3.63) is 29.8 Å². The largest absolute Gasteiger partial charge is 0.325 e. The first kappa shape index (κ1) is 10.1. The Kier molecular flexibility index (Phi) is 3.32. The number of para-hydroxylation sites is 1. The van der Waals surface area contributed by atoms with Gasteiger partial charge in [0.05, 0.1) is 0 Å². The molecule has 70 valence electrons. The van der Waals surface area contributed by atoms with Crippen LogP contribution in [0.25, 0.3) is 0 Å². The lowest BCUT2D eigenvalue weighted by Crippen LogP contribution is -2.20. The summed E-state index contributed by atoms with van der Waals surface area (Å²) in [5.41, 5.74) is 1.85. The molecule has 0 saturated heterocycles. The maximum Gasteiger partial charge on any atom is 0.242 e. The molecule has 1 rings (SSSR count). The van der Waals surface area contributed by atoms with Gasteiger partial charge in [0.25, 0.3) is 0 Å². The van der Waals surface area contributed by atoms with Gasteiger partial charge in [0, 0.05) is 5.69 Å². The number of anilines is 1. The van der Waals surface area contributed by atoms with Gasteiger partial charge in [-0.3, -0.25) is 4.79 Å². The van der Waals surface area contributed by atoms with E-state index in [1.165, 1.54) is 0 Å². The average molecular weight is 198 g/mol. The van der Waals surface area contributed by atoms with Crippen molar-refractivity contribution < 1.29 is 4.79 Å². The topological polar surface area (TPSA) is 29.1 Å². The van der Waals surface area contributed by atoms with E-state index in [9.17, 15) is 4.79 Å². The van der Waals surface area contributed by atoms with E-state index < -0.39 is 5.38 Å². The number of hydrogen-bond acceptors (Lipinski definition) is 1. The number of carbonyl (C=O) groups excluding carboxylic acids is 1. The maximum absolute atomic E-state index is 11.2. The molecule has 1 N–H and O–H groups in total. The summed E-state index contributed by atoms with van der Waals surface area (Å²) in [7, 11) is 0. The minimum Gasteiger partial charge on any atom is -0.325 e. The molecule has 0 heterocycles. The van der Waals surface area contributed by atoms with Gasteiger partial charge < -0.3 is 5.32 Å². The van der Waals surface area contributed by atoms with Crippen LogP contribution in [0.1, 0.15) is 12.5 Å². The van der Waals surface area contributed by atoms with Crippen molar-refractivity contribution in [2.24, 2.45) is 0 Å². The highest BCUT2D eigenvalue weighted by atomic mass is 35.5. The van der Waals surface area contributed by atoms with Crippen molar-refractivity contribution in [2.45, 2.75) is 19.2 Å². The number of carbonyl (C=O) groups is 1. The van der Waals surface area contributed by atoms with Gasteiger partial charge in [0.2, 0.25) is 5.91 Å². The Morgan fingerprint density at radius 3 is 2.62 bits per heavy atom. The van der Waals surface area contributed by atoms with Gasteiger partial charge in [-0.1, -0.05) is 18.2 Å². The summed E-state index contributed by atoms with van der Waals surface area (Å²) in [5.74, 6) is -0.170. The van der Waals surface area contributed by atoms with Gasteiger partial charge in [-0.15, -0.1) is 11.6 Å². The molecule has 13 heavy (non-hydrogen) atoms. The number of benzene rings is 1. The average Bonchev–Trinajstić information content (AvgIpc) is 2.08. The zero-order valence-electron chi connectivity index (χ0n) is 7.67. The summed E-state index contributed by atoms with van der Waals surface area (Å²) in [4.78, 5) is 11.2. The van der Waals surface area contributed by atoms with Gasteiger partial charge in [0.1, 0.15) is 5.38 Å². The summed E-state index contributed by atoms with van der Waals surface area (Å²) < 4.78 is 0. The Labute approximate surface area is 82.9 Å². The van der Waals surface area contributed by atoms with Crippen LogP contribution >= 0.6 is 11.6 Å². The second-order valence-electron chi connectivity index (χ2n) is 2.92. The van der Waals surface area contributed by atoms with E-state index in [1.807, 2.05) is 31.2 Å². The molecule has 0 aromatic heterocycles. The van der Waals surface area contributed by atoms with Gasteiger partial charge in [-0.05, 0) is 25.5 Å². The van der Waals surface area contributed by atoms with Crippen LogP contribution in [0.4, 0.5) is 5.69 Å². The highest BCUT2D eigenvalue weighted by Crippen LogP contribution is 2.13. The Balaban J connectivity index is 2.75. The quantitative estimate of drug-likeness (QED) is 0.726. The highest BCUT2D eigenvalue weighted by Gasteiger charge is 2.09. The molecular formula is C10H12ClNO. The second-order valence-corrected chi connectivity index (χ2v) is 3.57. The molecular weight excluding hydrogens is 186 g/mol. The van der Waals surface area contributed by atoms with Crippen LogP contribution in [-0.4, -0.2) is 11.3 Å². The number of amides is 1. The third-order valence-electron chi connectivity index (χ3n) is 1.76. The fraction of sp³-hybridized carbons (Fsp3) is 0.300. The van der Waals surface area contributed by atoms with E-state index in [0.717, 1.165) is 11.3 Å². The van der Waals surface area contributed by atoms with E-state index in [2.05, 4.69) is 5.32 Å². The smallest absolute Gasteiger partial charge is 0.242 e. The zero-order chi connectivity index (χ0) is 9.84. The van der Waals surface area contributed by atoms with Gasteiger partial charge >= 0.3 is 0 Å². The molecule has 0 saturated carbocycles. The maximum atomic E-state index is 11.2. The number of aryl methyl sites for hydroxylation is 1. The number of alkyl halides is 1. The van der Waals surface area contributed by atoms with E-state index in [0.29, 0.717) is 0 Å². The van der Waals surface area contributed by atoms with Crippen LogP contribution in [0.5, 0.6) is 0 Å². The summed E-state index contributed by atoms with van der Waals surface area (Å²) in [6.07, 6.45) is 0. The first-order valence-corrected chi connectivity index (χ1v) is 4.55. The summed E-state index contributed by atoms with van der Waals surface area (Å²) >= 11 is 5.62. The number of halogens is 1. The molecule has 0 aliphatic carbocycles. The van der Waals surface area contributed by atoms with Crippen molar-refractivity contribution >= 4 is 23.2 Å². The van der Waals surface area contributed by atoms with Crippen molar-refractivity contribution in [1.82, 2.24) is 0 Å². The van der Waals surface area contributed by atoms with E-state index >= 15 is 0 Å². The van der Waals surface area contributed by atoms with Crippen LogP contribution in [-0.2, 0) is 4.79 Å². The lowest BCUT2D eigenvalue weighted by molar-refractivity contribution is -0.115. The SMILES string of the molecule is Cc1ccccc1NC(=O)[C@H](C)Cl. The van der Waals surface area contributed by atoms with Crippen molar-refractivity contribution in [2.75, 3.05) is 5.32 Å². The minimum atomic E-state index is -0.500. The summed E-state index contributed by atoms with van der Waals surface area (Å²) in [6, 6.07) is 7.59. The van der Waals surface area contributed by atoms with Gasteiger partial charge in [0.15, 0.2) is 0 Å². The first-order chi connectivity index (χ1) is 6.11. The molecule has 2 nitrogen and oxygen atoms in total. The molecule has 1 amide bonds. The van der Waals surface area contributed by atoms with Crippen LogP contribution in [0.2, 0.25) is 0 Å². The van der Waals surface area contributed by atoms with E-state index in [4.69, 9.17) is 11.6 Å². The van der Waals surface area contributed by atoms with Crippen LogP contribution in [0.15, 0.2) is 24.3 Å². The molecule has 1 atom stereocenters. The lowest BCUT2D eigenvalue weighted by atomic mass is 10.2. The molecule has 3 heteroatoms. The van der Waals surface area contributed by atoms with Crippen LogP contribution in [0.3, 0.4) is 0 Å². The van der Waals surface area contributed by atoms with E-state index in [-0.39, 0.29) is 5.91 Å². The lowest BCUT2D eigenvalue weighted by Gasteiger charge is -2.08. The van der Waals surface area contributed by atoms with Gasteiger partial charge in [-0.25, -0.2) is 0 Å². The summed E-state index contributed by atoms with van der Waals surface area (Å²) in [6.45, 7) is 3.59. The van der Waals surface area contributed by atoms with Crippen molar-refractivity contribution in [3.63, 3.8) is 0 Å². The Morgan fingerprint density at radius 2 is 2.08 bits per heavy atom. The van der Waals surface area contributed by atoms with Crippen molar-refractivity contribution in [3.8, 4) is 0 Å². The van der Waals surface area contributed by atoms with Crippen LogP contribution in [0, 0.1) is 6.92 Å². The van der Waals surface area contributed by atoms with Crippen LogP contribution < -0.4 is 5.32 Å². The standard InChI is InChI=1S/C10H12ClNO/c1-7-5-3-4-6-9(7)12-10(13)8(2)11/h3-6,8H,1-2H3,(H,12,13)/t8-/m0/s1. The minimum absolute atomic E-state index is 0.170. The number of nitrogens with one attached hydrogen (secondary N) is 1. The Bertz CT molecular complexity index is 310. The molecule has 1 aromatic rings. The Morgan fingerprint density at radius 1 is 1.46 bits per heavy atom. The molecule has 0 fully saturated rings. The fourth-order valence-corrected chi connectivity index (χ4v) is 1.000. The predicted octanol–water partition coefficient (Wildman–Crippen LogP) is 2.56. The molecule has 0 aliphatic rings. The molecule has 0 radical (unpaired) electrons. The predicted molar refractivity (Wildman–Crippen MR) is 55.1 cm³/mol. The molecule has 0 aliphatic heterocycles. The first-order valence-electron chi connectivity index (χ1n) is 4.12. The second kappa shape index (κ2) is 4.28. The molecule has 0 bridgehead atoms. The normalized spacial score (nSPS) is 12.2. The van der Waals surface area contributed by atoms with E-state index in [1.54, 1.807) is 6.92 Å². The zero-order valence-corrected chi connectivity index (χ0v) is 8.43. The fourth-order valence-electron chi connectivity index (χ4n) is 0.945. The number of rotatable bonds is 2. The van der Waals surface area contributed by atoms with Gasteiger partial charge in [-0.2, -0.15) is 0 Å². The number of hydrogen-bond donors (Lipinski definition) is 1. The molecule has 1 aromatic carbocycles.